The van der Waals surface area contributed by atoms with E-state index in [2.05, 4.69) is 17.2 Å². The molecule has 4 heavy (non-hydrogen) atoms. The first-order chi connectivity index (χ1) is 1.00. The zero-order valence-corrected chi connectivity index (χ0v) is 8.79. The summed E-state index contributed by atoms with van der Waals surface area (Å²) in [5.74, 6) is 0. The Kier molecular flexibility index (Phi) is 74.2. The molecule has 0 bridgehead atoms. The summed E-state index contributed by atoms with van der Waals surface area (Å²) in [4.78, 5) is 0. The van der Waals surface area contributed by atoms with Crippen molar-refractivity contribution in [3.05, 3.63) is 0 Å². The van der Waals surface area contributed by atoms with Crippen molar-refractivity contribution in [2.45, 2.75) is 0 Å². The van der Waals surface area contributed by atoms with Crippen LogP contribution in [0.1, 0.15) is 0 Å². The summed E-state index contributed by atoms with van der Waals surface area (Å²) in [5.41, 5.74) is 0. The fraction of sp³-hybridized carbons (Fsp3) is 0. The molecule has 0 saturated carbocycles. The Labute approximate surface area is 65.9 Å². The third-order valence-electron chi connectivity index (χ3n) is 0. The molecule has 0 N–H and O–H groups in total. The molecule has 1 radical (unpaired) electrons. The van der Waals surface area contributed by atoms with Gasteiger partial charge in [0.05, 0.1) is 0 Å². The second kappa shape index (κ2) is 18.3. The number of rotatable bonds is 0. The van der Waals surface area contributed by atoms with Crippen molar-refractivity contribution in [3.8, 4) is 0 Å². The number of hydrogen-bond donors (Lipinski definition) is 0. The zero-order chi connectivity index (χ0) is 2.00. The summed E-state index contributed by atoms with van der Waals surface area (Å²) in [6, 6.07) is 0. The molecule has 0 aliphatic carbocycles. The fourth-order valence-corrected chi connectivity index (χ4v) is 0. The van der Waals surface area contributed by atoms with Gasteiger partial charge in [-0.3, -0.25) is 0 Å². The van der Waals surface area contributed by atoms with E-state index in [4.69, 9.17) is 0 Å². The minimum atomic E-state index is 0. The molecule has 0 spiro atoms. The molecule has 0 saturated heterocycles. The second-order valence-corrected chi connectivity index (χ2v) is 0. The van der Waals surface area contributed by atoms with Crippen molar-refractivity contribution in [2.75, 3.05) is 0 Å². The molecule has 0 aromatic carbocycles. The molecular weight excluding hydrogens is 281 g/mol. The molecule has 0 atom stereocenters. The summed E-state index contributed by atoms with van der Waals surface area (Å²) < 4.78 is 0. The van der Waals surface area contributed by atoms with E-state index >= 15 is 0 Å². The van der Waals surface area contributed by atoms with Gasteiger partial charge in [-0.25, -0.2) is 0 Å². The Bertz CT molecular complexity index is 8.00. The van der Waals surface area contributed by atoms with Crippen molar-refractivity contribution in [2.24, 2.45) is 0 Å². The first-order valence-electron chi connectivity index (χ1n) is 0.289. The molecule has 0 heterocycles. The predicted molar refractivity (Wildman–Crippen MR) is 0 cm³/mol. The van der Waals surface area contributed by atoms with Gasteiger partial charge in [-0.15, -0.1) is 0 Å². The SMILES string of the molecule is [Cu].[Fe].[Zn][Mo]. The van der Waals surface area contributed by atoms with Crippen LogP contribution >= 0.6 is 0 Å². The summed E-state index contributed by atoms with van der Waals surface area (Å²) in [6.45, 7) is 0. The molecule has 0 nitrogen and oxygen atoms in total. The van der Waals surface area contributed by atoms with Crippen LogP contribution in [0.15, 0.2) is 0 Å². The van der Waals surface area contributed by atoms with E-state index in [-0.39, 0.29) is 34.1 Å². The van der Waals surface area contributed by atoms with Gasteiger partial charge < -0.3 is 0 Å². The van der Waals surface area contributed by atoms with Gasteiger partial charge in [0, 0.05) is 34.1 Å². The molecule has 27 valence electrons. The van der Waals surface area contributed by atoms with E-state index in [9.17, 15) is 0 Å². The molecule has 0 aromatic heterocycles. The van der Waals surface area contributed by atoms with Crippen molar-refractivity contribution in [1.82, 2.24) is 0 Å². The van der Waals surface area contributed by atoms with Crippen molar-refractivity contribution in [3.63, 3.8) is 0 Å². The van der Waals surface area contributed by atoms with E-state index in [1.807, 2.05) is 0 Å². The summed E-state index contributed by atoms with van der Waals surface area (Å²) in [7, 11) is 0. The average Bonchev–Trinajstić information content (AvgIpc) is 1.00. The molecule has 0 rings (SSSR count). The van der Waals surface area contributed by atoms with Crippen LogP contribution in [0.25, 0.3) is 0 Å². The Hall–Kier alpha value is 2.35. The van der Waals surface area contributed by atoms with Crippen LogP contribution in [0.5, 0.6) is 0 Å². The van der Waals surface area contributed by atoms with Crippen LogP contribution in [0, 0.1) is 0 Å². The van der Waals surface area contributed by atoms with Gasteiger partial charge >= 0.3 is 32.6 Å². The molecular formula is CuFeMoZn. The predicted octanol–water partition coefficient (Wildman–Crippen LogP) is -0.0100. The summed E-state index contributed by atoms with van der Waals surface area (Å²) >= 11 is 3.46. The van der Waals surface area contributed by atoms with E-state index in [1.165, 1.54) is 15.4 Å². The molecule has 0 unspecified atom stereocenters. The van der Waals surface area contributed by atoms with Gasteiger partial charge in [0.2, 0.25) is 0 Å². The summed E-state index contributed by atoms with van der Waals surface area (Å²) in [5, 5.41) is 0. The van der Waals surface area contributed by atoms with Gasteiger partial charge in [0.15, 0.2) is 0 Å². The van der Waals surface area contributed by atoms with E-state index in [1.54, 1.807) is 0 Å². The third kappa shape index (κ3) is 8.84. The van der Waals surface area contributed by atoms with Crippen LogP contribution in [0.3, 0.4) is 0 Å². The monoisotopic (exact) mass is 281 g/mol. The van der Waals surface area contributed by atoms with Crippen LogP contribution in [-0.4, -0.2) is 0 Å². The molecule has 4 heteroatoms. The van der Waals surface area contributed by atoms with Gasteiger partial charge in [0.25, 0.3) is 0 Å². The van der Waals surface area contributed by atoms with Crippen molar-refractivity contribution in [1.29, 1.82) is 0 Å². The molecule has 0 aliphatic rings. The Morgan fingerprint density at radius 2 is 1.25 bits per heavy atom. The van der Waals surface area contributed by atoms with Gasteiger partial charge in [-0.2, -0.15) is 0 Å². The summed E-state index contributed by atoms with van der Waals surface area (Å²) in [6.07, 6.45) is 0. The van der Waals surface area contributed by atoms with E-state index in [0.29, 0.717) is 0 Å². The van der Waals surface area contributed by atoms with Gasteiger partial charge in [0.1, 0.15) is 0 Å². The van der Waals surface area contributed by atoms with Gasteiger partial charge in [-0.1, -0.05) is 0 Å². The molecule has 0 amide bonds. The first kappa shape index (κ1) is 16.2. The first-order valence-corrected chi connectivity index (χ1v) is 8.87. The third-order valence-corrected chi connectivity index (χ3v) is 0. The zero-order valence-electron chi connectivity index (χ0n) is 1.77. The maximum absolute atomic E-state index is 2.08. The van der Waals surface area contributed by atoms with Gasteiger partial charge in [-0.05, 0) is 0 Å². The van der Waals surface area contributed by atoms with Crippen molar-refractivity contribution < 1.29 is 66.8 Å². The van der Waals surface area contributed by atoms with Crippen molar-refractivity contribution >= 4 is 0 Å². The van der Waals surface area contributed by atoms with Crippen LogP contribution in [-0.2, 0) is 66.8 Å². The average molecular weight is 281 g/mol. The van der Waals surface area contributed by atoms with Crippen LogP contribution in [0.2, 0.25) is 0 Å². The second-order valence-electron chi connectivity index (χ2n) is 0. The normalized spacial score (nSPS) is 1.50. The number of hydrogen-bond acceptors (Lipinski definition) is 0. The molecule has 0 aliphatic heterocycles. The molecule has 0 aromatic rings. The van der Waals surface area contributed by atoms with E-state index < -0.39 is 0 Å². The van der Waals surface area contributed by atoms with Crippen LogP contribution in [0.4, 0.5) is 0 Å². The Balaban J connectivity index is -0.00000000500. The quantitative estimate of drug-likeness (QED) is 0.548. The Morgan fingerprint density at radius 1 is 1.25 bits per heavy atom. The van der Waals surface area contributed by atoms with E-state index in [0.717, 1.165) is 0 Å². The molecule has 0 fully saturated rings. The minimum absolute atomic E-state index is 0. The fourth-order valence-electron chi connectivity index (χ4n) is 0. The maximum atomic E-state index is 2.08. The van der Waals surface area contributed by atoms with Crippen LogP contribution < -0.4 is 0 Å². The topological polar surface area (TPSA) is 0 Å². The Morgan fingerprint density at radius 3 is 1.25 bits per heavy atom. The standard InChI is InChI=1S/Cu.Fe.Mo.Zn.